The molecule has 1 aromatic carbocycles. The summed E-state index contributed by atoms with van der Waals surface area (Å²) in [4.78, 5) is 7.66. The number of nitrogens with zero attached hydrogens (tertiary/aromatic N) is 1. The molecular weight excluding hydrogens is 316 g/mol. The van der Waals surface area contributed by atoms with Crippen LogP contribution in [-0.2, 0) is 6.42 Å². The lowest BCUT2D eigenvalue weighted by atomic mass is 10.1. The predicted molar refractivity (Wildman–Crippen MR) is 89.1 cm³/mol. The first-order valence-corrected chi connectivity index (χ1v) is 7.49. The number of guanidine groups is 1. The van der Waals surface area contributed by atoms with Gasteiger partial charge in [0.05, 0.1) is 0 Å². The van der Waals surface area contributed by atoms with Gasteiger partial charge in [0.15, 0.2) is 5.96 Å². The highest BCUT2D eigenvalue weighted by atomic mass is 79.9. The van der Waals surface area contributed by atoms with Crippen molar-refractivity contribution in [2.75, 3.05) is 6.54 Å². The number of aromatic nitrogens is 1. The number of nitrogens with one attached hydrogen (secondary N) is 2. The van der Waals surface area contributed by atoms with Crippen molar-refractivity contribution in [3.63, 3.8) is 0 Å². The van der Waals surface area contributed by atoms with Gasteiger partial charge in [-0.1, -0.05) is 22.0 Å². The lowest BCUT2D eigenvalue weighted by Crippen LogP contribution is -2.45. The maximum atomic E-state index is 5.86. The number of nitrogens with two attached hydrogens (primary N) is 1. The molecular formula is C15H21BrN4. The van der Waals surface area contributed by atoms with Gasteiger partial charge in [-0.25, -0.2) is 0 Å². The highest BCUT2D eigenvalue weighted by Crippen LogP contribution is 2.27. The molecule has 5 heteroatoms. The summed E-state index contributed by atoms with van der Waals surface area (Å²) in [5.41, 5.74) is 8.19. The molecule has 0 saturated carbocycles. The van der Waals surface area contributed by atoms with Crippen LogP contribution in [0.2, 0.25) is 0 Å². The molecule has 0 aliphatic rings. The SMILES string of the molecule is CC(C)(C)NC(N)=NCCc1c[nH]c2cccc(Br)c12. The minimum absolute atomic E-state index is 0.0581. The van der Waals surface area contributed by atoms with Gasteiger partial charge in [0.2, 0.25) is 0 Å². The van der Waals surface area contributed by atoms with Gasteiger partial charge in [-0.2, -0.15) is 0 Å². The summed E-state index contributed by atoms with van der Waals surface area (Å²) in [6.07, 6.45) is 2.90. The number of hydrogen-bond acceptors (Lipinski definition) is 1. The third kappa shape index (κ3) is 3.76. The highest BCUT2D eigenvalue weighted by molar-refractivity contribution is 9.10. The van der Waals surface area contributed by atoms with Crippen LogP contribution < -0.4 is 11.1 Å². The molecule has 0 saturated heterocycles. The summed E-state index contributed by atoms with van der Waals surface area (Å²) in [6.45, 7) is 6.85. The standard InChI is InChI=1S/C15H21BrN4/c1-15(2,3)20-14(17)18-8-7-10-9-19-12-6-4-5-11(16)13(10)12/h4-6,9,19H,7-8H2,1-3H3,(H3,17,18,20). The van der Waals surface area contributed by atoms with Crippen LogP contribution in [0.5, 0.6) is 0 Å². The molecule has 0 amide bonds. The van der Waals surface area contributed by atoms with Crippen LogP contribution >= 0.6 is 15.9 Å². The van der Waals surface area contributed by atoms with Crippen LogP contribution in [0, 0.1) is 0 Å². The van der Waals surface area contributed by atoms with E-state index in [9.17, 15) is 0 Å². The number of aliphatic imine (C=N–C) groups is 1. The summed E-state index contributed by atoms with van der Waals surface area (Å²) < 4.78 is 1.11. The summed E-state index contributed by atoms with van der Waals surface area (Å²) in [6, 6.07) is 6.15. The smallest absolute Gasteiger partial charge is 0.188 e. The van der Waals surface area contributed by atoms with Crippen molar-refractivity contribution in [2.45, 2.75) is 32.7 Å². The Labute approximate surface area is 128 Å². The summed E-state index contributed by atoms with van der Waals surface area (Å²) >= 11 is 3.59. The Balaban J connectivity index is 2.05. The fourth-order valence-electron chi connectivity index (χ4n) is 2.13. The number of hydrogen-bond donors (Lipinski definition) is 3. The summed E-state index contributed by atoms with van der Waals surface area (Å²) in [5.74, 6) is 0.497. The largest absolute Gasteiger partial charge is 0.370 e. The van der Waals surface area contributed by atoms with E-state index in [1.54, 1.807) is 0 Å². The first-order chi connectivity index (χ1) is 9.37. The van der Waals surface area contributed by atoms with E-state index >= 15 is 0 Å². The van der Waals surface area contributed by atoms with Crippen molar-refractivity contribution in [1.29, 1.82) is 0 Å². The Bertz CT molecular complexity index is 622. The average Bonchev–Trinajstić information content (AvgIpc) is 2.71. The van der Waals surface area contributed by atoms with Crippen LogP contribution in [-0.4, -0.2) is 23.0 Å². The van der Waals surface area contributed by atoms with E-state index in [-0.39, 0.29) is 5.54 Å². The number of benzene rings is 1. The van der Waals surface area contributed by atoms with Gasteiger partial charge >= 0.3 is 0 Å². The van der Waals surface area contributed by atoms with Gasteiger partial charge < -0.3 is 16.0 Å². The average molecular weight is 337 g/mol. The van der Waals surface area contributed by atoms with Gasteiger partial charge in [0.25, 0.3) is 0 Å². The lowest BCUT2D eigenvalue weighted by Gasteiger charge is -2.20. The zero-order chi connectivity index (χ0) is 14.8. The van der Waals surface area contributed by atoms with Crippen LogP contribution in [0.25, 0.3) is 10.9 Å². The van der Waals surface area contributed by atoms with E-state index in [1.807, 2.05) is 12.3 Å². The minimum atomic E-state index is -0.0581. The number of H-pyrrole nitrogens is 1. The van der Waals surface area contributed by atoms with Crippen molar-refractivity contribution < 1.29 is 0 Å². The maximum Gasteiger partial charge on any atom is 0.188 e. The van der Waals surface area contributed by atoms with Crippen LogP contribution in [0.1, 0.15) is 26.3 Å². The molecule has 2 rings (SSSR count). The van der Waals surface area contributed by atoms with Crippen molar-refractivity contribution in [3.05, 3.63) is 34.4 Å². The Kier molecular flexibility index (Phi) is 4.38. The van der Waals surface area contributed by atoms with E-state index in [0.717, 1.165) is 16.4 Å². The zero-order valence-corrected chi connectivity index (χ0v) is 13.7. The molecule has 0 aliphatic heterocycles. The van der Waals surface area contributed by atoms with Crippen molar-refractivity contribution in [3.8, 4) is 0 Å². The Morgan fingerprint density at radius 2 is 2.15 bits per heavy atom. The summed E-state index contributed by atoms with van der Waals surface area (Å²) in [5, 5.41) is 4.39. The van der Waals surface area contributed by atoms with E-state index < -0.39 is 0 Å². The molecule has 20 heavy (non-hydrogen) atoms. The van der Waals surface area contributed by atoms with E-state index in [4.69, 9.17) is 5.73 Å². The molecule has 0 atom stereocenters. The number of aromatic amines is 1. The van der Waals surface area contributed by atoms with Gasteiger partial charge in [-0.3, -0.25) is 4.99 Å². The third-order valence-corrected chi connectivity index (χ3v) is 3.56. The lowest BCUT2D eigenvalue weighted by molar-refractivity contribution is 0.508. The molecule has 1 heterocycles. The number of fused-ring (bicyclic) bond motifs is 1. The normalized spacial score (nSPS) is 12.9. The number of rotatable bonds is 3. The van der Waals surface area contributed by atoms with Crippen molar-refractivity contribution in [2.24, 2.45) is 10.7 Å². The first-order valence-electron chi connectivity index (χ1n) is 6.69. The van der Waals surface area contributed by atoms with Crippen molar-refractivity contribution >= 4 is 32.8 Å². The number of halogens is 1. The molecule has 0 spiro atoms. The molecule has 0 fully saturated rings. The van der Waals surface area contributed by atoms with Gasteiger partial charge in [-0.15, -0.1) is 0 Å². The van der Waals surface area contributed by atoms with Gasteiger partial charge in [-0.05, 0) is 44.9 Å². The van der Waals surface area contributed by atoms with Crippen LogP contribution in [0.3, 0.4) is 0 Å². The van der Waals surface area contributed by atoms with Crippen LogP contribution in [0.4, 0.5) is 0 Å². The molecule has 2 aromatic rings. The molecule has 0 unspecified atom stereocenters. The Hall–Kier alpha value is -1.49. The third-order valence-electron chi connectivity index (χ3n) is 2.90. The Morgan fingerprint density at radius 1 is 1.40 bits per heavy atom. The monoisotopic (exact) mass is 336 g/mol. The molecule has 4 N–H and O–H groups in total. The highest BCUT2D eigenvalue weighted by Gasteiger charge is 2.10. The predicted octanol–water partition coefficient (Wildman–Crippen LogP) is 3.18. The minimum Gasteiger partial charge on any atom is -0.370 e. The second kappa shape index (κ2) is 5.87. The second-order valence-corrected chi connectivity index (χ2v) is 6.72. The first kappa shape index (κ1) is 14.9. The van der Waals surface area contributed by atoms with E-state index in [1.165, 1.54) is 10.9 Å². The second-order valence-electron chi connectivity index (χ2n) is 5.87. The van der Waals surface area contributed by atoms with Gasteiger partial charge in [0, 0.05) is 33.7 Å². The molecule has 0 bridgehead atoms. The molecule has 108 valence electrons. The quantitative estimate of drug-likeness (QED) is 0.595. The molecule has 0 aliphatic carbocycles. The molecule has 0 radical (unpaired) electrons. The fourth-order valence-corrected chi connectivity index (χ4v) is 2.75. The van der Waals surface area contributed by atoms with Gasteiger partial charge in [0.1, 0.15) is 0 Å². The van der Waals surface area contributed by atoms with Crippen LogP contribution in [0.15, 0.2) is 33.9 Å². The summed E-state index contributed by atoms with van der Waals surface area (Å²) in [7, 11) is 0. The zero-order valence-electron chi connectivity index (χ0n) is 12.1. The van der Waals surface area contributed by atoms with Crippen molar-refractivity contribution in [1.82, 2.24) is 10.3 Å². The molecule has 1 aromatic heterocycles. The Morgan fingerprint density at radius 3 is 2.85 bits per heavy atom. The molecule has 4 nitrogen and oxygen atoms in total. The fraction of sp³-hybridized carbons (Fsp3) is 0.400. The maximum absolute atomic E-state index is 5.86. The topological polar surface area (TPSA) is 66.2 Å². The van der Waals surface area contributed by atoms with E-state index in [0.29, 0.717) is 12.5 Å². The van der Waals surface area contributed by atoms with E-state index in [2.05, 4.69) is 64.1 Å².